The van der Waals surface area contributed by atoms with E-state index in [1.165, 1.54) is 5.56 Å². The highest BCUT2D eigenvalue weighted by Crippen LogP contribution is 2.26. The fourth-order valence-corrected chi connectivity index (χ4v) is 3.67. The van der Waals surface area contributed by atoms with Crippen molar-refractivity contribution in [2.75, 3.05) is 19.0 Å². The monoisotopic (exact) mass is 456 g/mol. The number of aromatic nitrogens is 4. The molecular formula is C26H28N6O2. The molecule has 3 aromatic heterocycles. The zero-order chi connectivity index (χ0) is 23.8. The van der Waals surface area contributed by atoms with Crippen LogP contribution in [0.25, 0.3) is 22.4 Å². The third-order valence-corrected chi connectivity index (χ3v) is 5.51. The molecule has 2 amide bonds. The molecule has 0 aliphatic rings. The second-order valence-electron chi connectivity index (χ2n) is 8.17. The van der Waals surface area contributed by atoms with Gasteiger partial charge in [-0.05, 0) is 55.0 Å². The number of methoxy groups -OCH3 is 1. The van der Waals surface area contributed by atoms with E-state index in [4.69, 9.17) is 4.74 Å². The van der Waals surface area contributed by atoms with Gasteiger partial charge in [-0.25, -0.2) is 19.7 Å². The maximum absolute atomic E-state index is 12.4. The number of hydrogen-bond acceptors (Lipinski definition) is 6. The van der Waals surface area contributed by atoms with Gasteiger partial charge in [0.25, 0.3) is 0 Å². The molecule has 0 bridgehead atoms. The number of anilines is 1. The van der Waals surface area contributed by atoms with Crippen LogP contribution >= 0.6 is 0 Å². The van der Waals surface area contributed by atoms with Crippen LogP contribution in [0.15, 0.2) is 67.0 Å². The lowest BCUT2D eigenvalue weighted by Gasteiger charge is -2.13. The first-order valence-corrected chi connectivity index (χ1v) is 11.3. The standard InChI is InChI=1S/C26H28N6O2/c1-18(8-6-11-19-9-4-3-5-10-19)16-29-26(33)32-23-14-13-21-24(31-23)30-22(17-28-21)20-12-7-15-27-25(20)34-2/h3-5,7,9-10,12-15,17-18H,6,8,11,16H2,1-2H3,(H2,29,30,31,32,33). The number of nitrogens with zero attached hydrogens (tertiary/aromatic N) is 4. The molecule has 4 rings (SSSR count). The van der Waals surface area contributed by atoms with E-state index < -0.39 is 0 Å². The van der Waals surface area contributed by atoms with E-state index in [-0.39, 0.29) is 6.03 Å². The maximum atomic E-state index is 12.4. The quantitative estimate of drug-likeness (QED) is 0.372. The zero-order valence-corrected chi connectivity index (χ0v) is 19.4. The average molecular weight is 457 g/mol. The van der Waals surface area contributed by atoms with E-state index in [1.807, 2.05) is 18.2 Å². The molecule has 4 aromatic rings. The Bertz CT molecular complexity index is 1250. The van der Waals surface area contributed by atoms with E-state index in [0.717, 1.165) is 24.8 Å². The molecule has 1 unspecified atom stereocenters. The maximum Gasteiger partial charge on any atom is 0.320 e. The molecule has 0 saturated carbocycles. The smallest absolute Gasteiger partial charge is 0.320 e. The van der Waals surface area contributed by atoms with Crippen molar-refractivity contribution in [2.24, 2.45) is 5.92 Å². The number of amides is 2. The number of carbonyl (C=O) groups is 1. The number of hydrogen-bond donors (Lipinski definition) is 2. The Labute approximate surface area is 198 Å². The van der Waals surface area contributed by atoms with Gasteiger partial charge in [-0.15, -0.1) is 0 Å². The summed E-state index contributed by atoms with van der Waals surface area (Å²) < 4.78 is 5.32. The van der Waals surface area contributed by atoms with Crippen molar-refractivity contribution in [1.82, 2.24) is 25.3 Å². The molecule has 0 saturated heterocycles. The Morgan fingerprint density at radius 1 is 1.03 bits per heavy atom. The Balaban J connectivity index is 1.32. The van der Waals surface area contributed by atoms with Crippen LogP contribution in [0.4, 0.5) is 10.6 Å². The van der Waals surface area contributed by atoms with E-state index >= 15 is 0 Å². The molecule has 8 nitrogen and oxygen atoms in total. The van der Waals surface area contributed by atoms with Gasteiger partial charge in [0.2, 0.25) is 5.88 Å². The summed E-state index contributed by atoms with van der Waals surface area (Å²) in [6.45, 7) is 2.74. The van der Waals surface area contributed by atoms with Crippen molar-refractivity contribution >= 4 is 23.0 Å². The molecule has 1 atom stereocenters. The summed E-state index contributed by atoms with van der Waals surface area (Å²) in [5, 5.41) is 5.72. The van der Waals surface area contributed by atoms with Crippen molar-refractivity contribution in [1.29, 1.82) is 0 Å². The van der Waals surface area contributed by atoms with Crippen molar-refractivity contribution in [3.8, 4) is 17.1 Å². The Hall–Kier alpha value is -4.07. The minimum atomic E-state index is -0.292. The lowest BCUT2D eigenvalue weighted by Crippen LogP contribution is -2.32. The summed E-state index contributed by atoms with van der Waals surface area (Å²) in [7, 11) is 1.56. The number of urea groups is 1. The minimum Gasteiger partial charge on any atom is -0.481 e. The number of nitrogens with one attached hydrogen (secondary N) is 2. The molecule has 0 spiro atoms. The van der Waals surface area contributed by atoms with Crippen molar-refractivity contribution in [2.45, 2.75) is 26.2 Å². The molecule has 3 heterocycles. The number of benzene rings is 1. The van der Waals surface area contributed by atoms with Crippen molar-refractivity contribution in [3.05, 3.63) is 72.6 Å². The molecule has 2 N–H and O–H groups in total. The molecular weight excluding hydrogens is 428 g/mol. The SMILES string of the molecule is COc1ncccc1-c1cnc2ccc(NC(=O)NCC(C)CCCc3ccccc3)nc2n1. The van der Waals surface area contributed by atoms with Crippen LogP contribution in [0.1, 0.15) is 25.3 Å². The van der Waals surface area contributed by atoms with Crippen LogP contribution in [0.2, 0.25) is 0 Å². The van der Waals surface area contributed by atoms with Gasteiger partial charge in [-0.2, -0.15) is 0 Å². The van der Waals surface area contributed by atoms with E-state index in [2.05, 4.69) is 61.8 Å². The topological polar surface area (TPSA) is 102 Å². The molecule has 8 heteroatoms. The molecule has 0 radical (unpaired) electrons. The number of aryl methyl sites for hydroxylation is 1. The fraction of sp³-hybridized carbons (Fsp3) is 0.269. The van der Waals surface area contributed by atoms with Crippen LogP contribution in [-0.2, 0) is 6.42 Å². The third kappa shape index (κ3) is 6.04. The largest absolute Gasteiger partial charge is 0.481 e. The summed E-state index contributed by atoms with van der Waals surface area (Å²) >= 11 is 0. The highest BCUT2D eigenvalue weighted by Gasteiger charge is 2.12. The van der Waals surface area contributed by atoms with Crippen LogP contribution in [0.3, 0.4) is 0 Å². The summed E-state index contributed by atoms with van der Waals surface area (Å²) in [5.74, 6) is 1.25. The Morgan fingerprint density at radius 3 is 2.71 bits per heavy atom. The highest BCUT2D eigenvalue weighted by molar-refractivity contribution is 5.89. The van der Waals surface area contributed by atoms with Gasteiger partial charge in [-0.3, -0.25) is 10.3 Å². The third-order valence-electron chi connectivity index (χ3n) is 5.51. The van der Waals surface area contributed by atoms with Gasteiger partial charge in [0.1, 0.15) is 11.3 Å². The van der Waals surface area contributed by atoms with Crippen LogP contribution < -0.4 is 15.4 Å². The van der Waals surface area contributed by atoms with Gasteiger partial charge >= 0.3 is 6.03 Å². The molecule has 1 aromatic carbocycles. The predicted molar refractivity (Wildman–Crippen MR) is 133 cm³/mol. The van der Waals surface area contributed by atoms with Crippen LogP contribution in [0, 0.1) is 5.92 Å². The van der Waals surface area contributed by atoms with E-state index in [9.17, 15) is 4.79 Å². The van der Waals surface area contributed by atoms with Crippen LogP contribution in [0.5, 0.6) is 5.88 Å². The summed E-state index contributed by atoms with van der Waals surface area (Å²) in [5.41, 5.74) is 3.71. The second-order valence-corrected chi connectivity index (χ2v) is 8.17. The predicted octanol–water partition coefficient (Wildman–Crippen LogP) is 4.88. The first kappa shape index (κ1) is 23.1. The molecule has 0 aliphatic carbocycles. The Morgan fingerprint density at radius 2 is 1.88 bits per heavy atom. The second kappa shape index (κ2) is 11.2. The van der Waals surface area contributed by atoms with Gasteiger partial charge in [-0.1, -0.05) is 37.3 Å². The molecule has 0 aliphatic heterocycles. The van der Waals surface area contributed by atoms with Crippen molar-refractivity contribution in [3.63, 3.8) is 0 Å². The first-order valence-electron chi connectivity index (χ1n) is 11.3. The first-order chi connectivity index (χ1) is 16.6. The number of carbonyl (C=O) groups excluding carboxylic acids is 1. The van der Waals surface area contributed by atoms with Crippen molar-refractivity contribution < 1.29 is 9.53 Å². The summed E-state index contributed by atoms with van der Waals surface area (Å²) in [6.07, 6.45) is 6.48. The number of ether oxygens (including phenoxy) is 1. The Kier molecular flexibility index (Phi) is 7.60. The lowest BCUT2D eigenvalue weighted by molar-refractivity contribution is 0.250. The van der Waals surface area contributed by atoms with Gasteiger partial charge in [0, 0.05) is 12.7 Å². The van der Waals surface area contributed by atoms with Gasteiger partial charge in [0.15, 0.2) is 5.65 Å². The molecule has 174 valence electrons. The average Bonchev–Trinajstić information content (AvgIpc) is 2.87. The fourth-order valence-electron chi connectivity index (χ4n) is 3.67. The van der Waals surface area contributed by atoms with E-state index in [0.29, 0.717) is 41.0 Å². The molecule has 34 heavy (non-hydrogen) atoms. The summed E-state index contributed by atoms with van der Waals surface area (Å²) in [6, 6.07) is 17.3. The number of rotatable bonds is 9. The normalized spacial score (nSPS) is 11.7. The minimum absolute atomic E-state index is 0.292. The molecule has 0 fully saturated rings. The highest BCUT2D eigenvalue weighted by atomic mass is 16.5. The van der Waals surface area contributed by atoms with Gasteiger partial charge < -0.3 is 10.1 Å². The zero-order valence-electron chi connectivity index (χ0n) is 19.4. The van der Waals surface area contributed by atoms with E-state index in [1.54, 1.807) is 31.6 Å². The lowest BCUT2D eigenvalue weighted by atomic mass is 10.0. The number of pyridine rings is 2. The summed E-state index contributed by atoms with van der Waals surface area (Å²) in [4.78, 5) is 30.1. The van der Waals surface area contributed by atoms with Crippen LogP contribution in [-0.4, -0.2) is 39.6 Å². The number of fused-ring (bicyclic) bond motifs is 1. The van der Waals surface area contributed by atoms with Gasteiger partial charge in [0.05, 0.1) is 24.6 Å².